The molecule has 0 unspecified atom stereocenters. The number of rotatable bonds is 12. The molecule has 0 aliphatic heterocycles. The van der Waals surface area contributed by atoms with Crippen LogP contribution in [0.5, 0.6) is 0 Å². The molecule has 0 aromatic carbocycles. The van der Waals surface area contributed by atoms with Crippen molar-refractivity contribution in [1.82, 2.24) is 5.32 Å². The third-order valence-corrected chi connectivity index (χ3v) is 3.44. The molecule has 0 aliphatic carbocycles. The zero-order valence-electron chi connectivity index (χ0n) is 15.4. The predicted molar refractivity (Wildman–Crippen MR) is 82.6 cm³/mol. The van der Waals surface area contributed by atoms with Crippen molar-refractivity contribution < 1.29 is 45.3 Å². The molecule has 0 fully saturated rings. The van der Waals surface area contributed by atoms with E-state index in [1.54, 1.807) is 6.92 Å². The predicted octanol–water partition coefficient (Wildman–Crippen LogP) is 0.702. The first-order valence-corrected chi connectivity index (χ1v) is 7.99. The first kappa shape index (κ1) is 23.2. The van der Waals surface area contributed by atoms with E-state index in [2.05, 4.69) is 17.0 Å². The summed E-state index contributed by atoms with van der Waals surface area (Å²) in [5, 5.41) is 2.64. The van der Waals surface area contributed by atoms with Gasteiger partial charge in [0.15, 0.2) is 0 Å². The van der Waals surface area contributed by atoms with Gasteiger partial charge in [-0.05, 0) is 13.3 Å². The number of ether oxygens (including phenoxy) is 1. The Morgan fingerprint density at radius 2 is 1.48 bits per heavy atom. The number of carbonyl (C=O) groups excluding carboxylic acids is 2. The second-order valence-corrected chi connectivity index (χ2v) is 5.39. The summed E-state index contributed by atoms with van der Waals surface area (Å²) in [5.74, 6) is -0.462. The van der Waals surface area contributed by atoms with Crippen LogP contribution in [0.25, 0.3) is 0 Å². The Labute approximate surface area is 153 Å². The van der Waals surface area contributed by atoms with Gasteiger partial charge in [-0.15, -0.1) is 0 Å². The maximum absolute atomic E-state index is 11.6. The maximum Gasteiger partial charge on any atom is 1.00 e. The van der Waals surface area contributed by atoms with Crippen LogP contribution in [0.3, 0.4) is 0 Å². The molecule has 0 rings (SSSR count). The monoisotopic (exact) mass is 309 g/mol. The van der Waals surface area contributed by atoms with E-state index in [0.717, 1.165) is 12.8 Å². The Hall–Kier alpha value is -0.0600. The van der Waals surface area contributed by atoms with Crippen LogP contribution < -0.4 is 34.9 Å². The first-order valence-electron chi connectivity index (χ1n) is 7.99. The van der Waals surface area contributed by atoms with Crippen LogP contribution in [0, 0.1) is 0 Å². The molecule has 5 heteroatoms. The van der Waals surface area contributed by atoms with Gasteiger partial charge in [-0.25, -0.2) is 4.79 Å². The standard InChI is InChI=1S/C16H31NO3.Na.H/c1-4-5-6-7-8-9-10-11-12-13-15(18)17-14(2)16(19)20-3;;/h14H,4-13H2,1-3H3,(H,17,18);;/q;+1;-1/t14-;;/m0../s1. The van der Waals surface area contributed by atoms with Crippen molar-refractivity contribution >= 4 is 11.9 Å². The number of hydrogen-bond acceptors (Lipinski definition) is 3. The number of nitrogens with one attached hydrogen (secondary N) is 1. The van der Waals surface area contributed by atoms with Gasteiger partial charge in [-0.3, -0.25) is 4.79 Å². The average Bonchev–Trinajstić information content (AvgIpc) is 2.44. The molecule has 1 N–H and O–H groups in total. The Kier molecular flexibility index (Phi) is 18.0. The minimum atomic E-state index is -0.550. The van der Waals surface area contributed by atoms with Gasteiger partial charge < -0.3 is 11.5 Å². The molecule has 120 valence electrons. The van der Waals surface area contributed by atoms with E-state index in [9.17, 15) is 9.59 Å². The van der Waals surface area contributed by atoms with Crippen LogP contribution in [0.1, 0.15) is 79.5 Å². The number of methoxy groups -OCH3 is 1. The van der Waals surface area contributed by atoms with Crippen molar-refractivity contribution in [2.75, 3.05) is 7.11 Å². The van der Waals surface area contributed by atoms with Crippen LogP contribution in [0.15, 0.2) is 0 Å². The van der Waals surface area contributed by atoms with E-state index in [0.29, 0.717) is 6.42 Å². The third-order valence-electron chi connectivity index (χ3n) is 3.44. The molecule has 0 aliphatic rings. The Balaban J connectivity index is -0.00000180. The average molecular weight is 309 g/mol. The molecule has 0 bridgehead atoms. The van der Waals surface area contributed by atoms with E-state index in [4.69, 9.17) is 0 Å². The molecular formula is C16H32NNaO3. The number of esters is 1. The van der Waals surface area contributed by atoms with Gasteiger partial charge in [-0.1, -0.05) is 58.3 Å². The van der Waals surface area contributed by atoms with Gasteiger partial charge >= 0.3 is 35.5 Å². The van der Waals surface area contributed by atoms with E-state index in [1.165, 1.54) is 52.1 Å². The smallest absolute Gasteiger partial charge is 1.00 e. The van der Waals surface area contributed by atoms with Crippen LogP contribution in [0.4, 0.5) is 0 Å². The minimum Gasteiger partial charge on any atom is -1.00 e. The van der Waals surface area contributed by atoms with E-state index < -0.39 is 12.0 Å². The summed E-state index contributed by atoms with van der Waals surface area (Å²) < 4.78 is 4.56. The van der Waals surface area contributed by atoms with E-state index in [-0.39, 0.29) is 36.9 Å². The van der Waals surface area contributed by atoms with Gasteiger partial charge in [0.2, 0.25) is 5.91 Å². The van der Waals surface area contributed by atoms with Crippen LogP contribution in [-0.4, -0.2) is 25.0 Å². The summed E-state index contributed by atoms with van der Waals surface area (Å²) in [6, 6.07) is -0.550. The molecule has 1 amide bonds. The van der Waals surface area contributed by atoms with Crippen molar-refractivity contribution in [2.45, 2.75) is 84.1 Å². The summed E-state index contributed by atoms with van der Waals surface area (Å²) in [6.07, 6.45) is 11.6. The van der Waals surface area contributed by atoms with Crippen LogP contribution >= 0.6 is 0 Å². The van der Waals surface area contributed by atoms with Crippen molar-refractivity contribution in [2.24, 2.45) is 0 Å². The molecule has 0 aromatic rings. The largest absolute Gasteiger partial charge is 1.00 e. The van der Waals surface area contributed by atoms with E-state index in [1.807, 2.05) is 0 Å². The molecule has 0 heterocycles. The molecule has 0 aromatic heterocycles. The molecule has 0 saturated carbocycles. The fourth-order valence-corrected chi connectivity index (χ4v) is 2.15. The fourth-order valence-electron chi connectivity index (χ4n) is 2.15. The fraction of sp³-hybridized carbons (Fsp3) is 0.875. The number of amides is 1. The Morgan fingerprint density at radius 1 is 1.00 bits per heavy atom. The summed E-state index contributed by atoms with van der Waals surface area (Å²) in [6.45, 7) is 3.87. The molecule has 21 heavy (non-hydrogen) atoms. The van der Waals surface area contributed by atoms with Gasteiger partial charge in [0.1, 0.15) is 6.04 Å². The second kappa shape index (κ2) is 16.3. The molecule has 0 saturated heterocycles. The molecule has 1 atom stereocenters. The summed E-state index contributed by atoms with van der Waals surface area (Å²) in [4.78, 5) is 22.7. The maximum atomic E-state index is 11.6. The summed E-state index contributed by atoms with van der Waals surface area (Å²) >= 11 is 0. The van der Waals surface area contributed by atoms with Gasteiger partial charge in [0, 0.05) is 6.42 Å². The molecular weight excluding hydrogens is 277 g/mol. The van der Waals surface area contributed by atoms with Gasteiger partial charge in [0.05, 0.1) is 7.11 Å². The SMILES string of the molecule is CCCCCCCCCCCC(=O)N[C@@H](C)C(=O)OC.[H-].[Na+]. The number of unbranched alkanes of at least 4 members (excludes halogenated alkanes) is 8. The number of hydrogen-bond donors (Lipinski definition) is 1. The molecule has 4 nitrogen and oxygen atoms in total. The summed E-state index contributed by atoms with van der Waals surface area (Å²) in [5.41, 5.74) is 0. The van der Waals surface area contributed by atoms with Crippen LogP contribution in [0.2, 0.25) is 0 Å². The normalized spacial score (nSPS) is 11.4. The van der Waals surface area contributed by atoms with Crippen molar-refractivity contribution in [1.29, 1.82) is 0 Å². The second-order valence-electron chi connectivity index (χ2n) is 5.39. The third kappa shape index (κ3) is 14.6. The Morgan fingerprint density at radius 3 is 1.95 bits per heavy atom. The molecule has 0 radical (unpaired) electrons. The minimum absolute atomic E-state index is 0. The van der Waals surface area contributed by atoms with Crippen LogP contribution in [-0.2, 0) is 14.3 Å². The molecule has 0 spiro atoms. The first-order chi connectivity index (χ1) is 9.61. The van der Waals surface area contributed by atoms with Crippen molar-refractivity contribution in [3.63, 3.8) is 0 Å². The summed E-state index contributed by atoms with van der Waals surface area (Å²) in [7, 11) is 1.32. The van der Waals surface area contributed by atoms with Crippen molar-refractivity contribution in [3.8, 4) is 0 Å². The zero-order valence-corrected chi connectivity index (χ0v) is 16.4. The van der Waals surface area contributed by atoms with Gasteiger partial charge in [0.25, 0.3) is 0 Å². The van der Waals surface area contributed by atoms with Gasteiger partial charge in [-0.2, -0.15) is 0 Å². The van der Waals surface area contributed by atoms with Crippen molar-refractivity contribution in [3.05, 3.63) is 0 Å². The van der Waals surface area contributed by atoms with E-state index >= 15 is 0 Å². The zero-order chi connectivity index (χ0) is 15.2. The Bertz CT molecular complexity index is 278. The topological polar surface area (TPSA) is 55.4 Å². The number of carbonyl (C=O) groups is 2. The quantitative estimate of drug-likeness (QED) is 0.328.